The van der Waals surface area contributed by atoms with Gasteiger partial charge in [0.2, 0.25) is 0 Å². The van der Waals surface area contributed by atoms with Gasteiger partial charge in [0, 0.05) is 25.2 Å². The molecule has 2 aromatic carbocycles. The van der Waals surface area contributed by atoms with Crippen LogP contribution in [0.1, 0.15) is 15.9 Å². The number of ether oxygens (including phenoxy) is 1. The Bertz CT molecular complexity index is 638. The third kappa shape index (κ3) is 5.25. The van der Waals surface area contributed by atoms with E-state index in [-0.39, 0.29) is 5.91 Å². The highest BCUT2D eigenvalue weighted by atomic mass is 16.5. The number of rotatable bonds is 9. The Morgan fingerprint density at radius 2 is 1.79 bits per heavy atom. The summed E-state index contributed by atoms with van der Waals surface area (Å²) in [6.45, 7) is 5.70. The fourth-order valence-corrected chi connectivity index (χ4v) is 2.41. The Hall–Kier alpha value is -2.59. The molecule has 0 radical (unpaired) electrons. The Labute approximate surface area is 143 Å². The molecule has 0 aliphatic carbocycles. The van der Waals surface area contributed by atoms with Crippen LogP contribution in [0.4, 0.5) is 0 Å². The van der Waals surface area contributed by atoms with E-state index < -0.39 is 0 Å². The van der Waals surface area contributed by atoms with E-state index in [9.17, 15) is 4.79 Å². The fourth-order valence-electron chi connectivity index (χ4n) is 2.41. The van der Waals surface area contributed by atoms with Gasteiger partial charge in [-0.1, -0.05) is 43.0 Å². The maximum atomic E-state index is 12.7. The van der Waals surface area contributed by atoms with Gasteiger partial charge in [-0.3, -0.25) is 4.79 Å². The summed E-state index contributed by atoms with van der Waals surface area (Å²) in [5.74, 6) is 0.716. The standard InChI is InChI=1S/C20H24N2O2/c1-2-16-24-19-10-8-18(9-11-19)20(23)22(15-13-21)14-12-17-6-4-3-5-7-17/h2-11H,1,12-16,21H2. The highest BCUT2D eigenvalue weighted by Gasteiger charge is 2.15. The molecule has 0 aliphatic heterocycles. The lowest BCUT2D eigenvalue weighted by molar-refractivity contribution is 0.0762. The molecular weight excluding hydrogens is 300 g/mol. The van der Waals surface area contributed by atoms with Crippen LogP contribution in [0.3, 0.4) is 0 Å². The van der Waals surface area contributed by atoms with Gasteiger partial charge in [0.1, 0.15) is 12.4 Å². The van der Waals surface area contributed by atoms with Crippen LogP contribution in [0, 0.1) is 0 Å². The Morgan fingerprint density at radius 3 is 2.42 bits per heavy atom. The SMILES string of the molecule is C=CCOc1ccc(C(=O)N(CCN)CCc2ccccc2)cc1. The molecule has 0 heterocycles. The van der Waals surface area contributed by atoms with E-state index in [1.54, 1.807) is 35.2 Å². The lowest BCUT2D eigenvalue weighted by Crippen LogP contribution is -2.36. The molecule has 0 aliphatic rings. The topological polar surface area (TPSA) is 55.6 Å². The quantitative estimate of drug-likeness (QED) is 0.722. The van der Waals surface area contributed by atoms with Crippen molar-refractivity contribution in [2.75, 3.05) is 26.2 Å². The van der Waals surface area contributed by atoms with Crippen LogP contribution in [0.15, 0.2) is 67.3 Å². The molecule has 2 rings (SSSR count). The van der Waals surface area contributed by atoms with Crippen molar-refractivity contribution in [3.63, 3.8) is 0 Å². The normalized spacial score (nSPS) is 10.2. The average molecular weight is 324 g/mol. The Morgan fingerprint density at radius 1 is 1.08 bits per heavy atom. The third-order valence-corrected chi connectivity index (χ3v) is 3.67. The minimum Gasteiger partial charge on any atom is -0.490 e. The number of benzene rings is 2. The van der Waals surface area contributed by atoms with Crippen LogP contribution in [-0.2, 0) is 6.42 Å². The summed E-state index contributed by atoms with van der Waals surface area (Å²) in [6.07, 6.45) is 2.50. The van der Waals surface area contributed by atoms with Crippen LogP contribution in [0.2, 0.25) is 0 Å². The summed E-state index contributed by atoms with van der Waals surface area (Å²) in [5, 5.41) is 0. The molecule has 0 saturated heterocycles. The number of hydrogen-bond donors (Lipinski definition) is 1. The number of amides is 1. The second-order valence-electron chi connectivity index (χ2n) is 5.44. The predicted octanol–water partition coefficient (Wildman–Crippen LogP) is 2.90. The Kier molecular flexibility index (Phi) is 7.05. The molecule has 2 aromatic rings. The molecule has 4 nitrogen and oxygen atoms in total. The molecule has 0 atom stereocenters. The first-order chi connectivity index (χ1) is 11.7. The van der Waals surface area contributed by atoms with Crippen molar-refractivity contribution in [1.29, 1.82) is 0 Å². The molecule has 2 N–H and O–H groups in total. The molecular formula is C20H24N2O2. The molecule has 24 heavy (non-hydrogen) atoms. The summed E-state index contributed by atoms with van der Waals surface area (Å²) in [5.41, 5.74) is 7.52. The van der Waals surface area contributed by atoms with Crippen LogP contribution < -0.4 is 10.5 Å². The van der Waals surface area contributed by atoms with Gasteiger partial charge in [-0.25, -0.2) is 0 Å². The van der Waals surface area contributed by atoms with E-state index in [0.29, 0.717) is 31.8 Å². The van der Waals surface area contributed by atoms with Crippen LogP contribution in [0.25, 0.3) is 0 Å². The van der Waals surface area contributed by atoms with Crippen molar-refractivity contribution in [2.24, 2.45) is 5.73 Å². The summed E-state index contributed by atoms with van der Waals surface area (Å²) in [4.78, 5) is 14.5. The van der Waals surface area contributed by atoms with Crippen molar-refractivity contribution in [3.05, 3.63) is 78.4 Å². The maximum Gasteiger partial charge on any atom is 0.253 e. The zero-order valence-electron chi connectivity index (χ0n) is 13.9. The second kappa shape index (κ2) is 9.53. The van der Waals surface area contributed by atoms with E-state index in [1.807, 2.05) is 18.2 Å². The third-order valence-electron chi connectivity index (χ3n) is 3.67. The molecule has 0 saturated carbocycles. The van der Waals surface area contributed by atoms with Crippen LogP contribution >= 0.6 is 0 Å². The fraction of sp³-hybridized carbons (Fsp3) is 0.250. The van der Waals surface area contributed by atoms with Gasteiger partial charge in [0.15, 0.2) is 0 Å². The van der Waals surface area contributed by atoms with Gasteiger partial charge in [-0.2, -0.15) is 0 Å². The zero-order valence-corrected chi connectivity index (χ0v) is 13.9. The monoisotopic (exact) mass is 324 g/mol. The van der Waals surface area contributed by atoms with Crippen molar-refractivity contribution in [3.8, 4) is 5.75 Å². The highest BCUT2D eigenvalue weighted by Crippen LogP contribution is 2.14. The summed E-state index contributed by atoms with van der Waals surface area (Å²) >= 11 is 0. The number of carbonyl (C=O) groups is 1. The smallest absolute Gasteiger partial charge is 0.253 e. The van der Waals surface area contributed by atoms with Gasteiger partial charge in [-0.05, 0) is 36.2 Å². The number of hydrogen-bond acceptors (Lipinski definition) is 3. The lowest BCUT2D eigenvalue weighted by Gasteiger charge is -2.22. The molecule has 0 bridgehead atoms. The molecule has 0 unspecified atom stereocenters. The lowest BCUT2D eigenvalue weighted by atomic mass is 10.1. The molecule has 1 amide bonds. The summed E-state index contributed by atoms with van der Waals surface area (Å²) in [6, 6.07) is 17.3. The van der Waals surface area contributed by atoms with Gasteiger partial charge in [0.25, 0.3) is 5.91 Å². The average Bonchev–Trinajstić information content (AvgIpc) is 2.64. The number of carbonyl (C=O) groups excluding carboxylic acids is 1. The minimum atomic E-state index is -0.00773. The zero-order chi connectivity index (χ0) is 17.2. The minimum absolute atomic E-state index is 0.00773. The largest absolute Gasteiger partial charge is 0.490 e. The first-order valence-corrected chi connectivity index (χ1v) is 8.11. The van der Waals surface area contributed by atoms with Crippen molar-refractivity contribution >= 4 is 5.91 Å². The van der Waals surface area contributed by atoms with E-state index >= 15 is 0 Å². The summed E-state index contributed by atoms with van der Waals surface area (Å²) < 4.78 is 5.44. The van der Waals surface area contributed by atoms with E-state index in [4.69, 9.17) is 10.5 Å². The maximum absolute atomic E-state index is 12.7. The first kappa shape index (κ1) is 17.8. The number of nitrogens with two attached hydrogens (primary N) is 1. The molecule has 0 spiro atoms. The van der Waals surface area contributed by atoms with E-state index in [1.165, 1.54) is 5.56 Å². The van der Waals surface area contributed by atoms with Gasteiger partial charge in [0.05, 0.1) is 0 Å². The molecule has 0 fully saturated rings. The van der Waals surface area contributed by atoms with Gasteiger partial charge in [-0.15, -0.1) is 0 Å². The molecule has 4 heteroatoms. The summed E-state index contributed by atoms with van der Waals surface area (Å²) in [7, 11) is 0. The van der Waals surface area contributed by atoms with Crippen molar-refractivity contribution in [1.82, 2.24) is 4.90 Å². The molecule has 126 valence electrons. The molecule has 0 aromatic heterocycles. The predicted molar refractivity (Wildman–Crippen MR) is 97.2 cm³/mol. The van der Waals surface area contributed by atoms with Crippen LogP contribution in [-0.4, -0.2) is 37.0 Å². The van der Waals surface area contributed by atoms with Crippen LogP contribution in [0.5, 0.6) is 5.75 Å². The second-order valence-corrected chi connectivity index (χ2v) is 5.44. The van der Waals surface area contributed by atoms with Crippen molar-refractivity contribution < 1.29 is 9.53 Å². The van der Waals surface area contributed by atoms with Crippen molar-refractivity contribution in [2.45, 2.75) is 6.42 Å². The highest BCUT2D eigenvalue weighted by molar-refractivity contribution is 5.94. The van der Waals surface area contributed by atoms with E-state index in [0.717, 1.165) is 12.2 Å². The number of nitrogens with zero attached hydrogens (tertiary/aromatic N) is 1. The Balaban J connectivity index is 2.00. The van der Waals surface area contributed by atoms with E-state index in [2.05, 4.69) is 18.7 Å². The van der Waals surface area contributed by atoms with Gasteiger partial charge >= 0.3 is 0 Å². The first-order valence-electron chi connectivity index (χ1n) is 8.11. The van der Waals surface area contributed by atoms with Gasteiger partial charge < -0.3 is 15.4 Å².